The van der Waals surface area contributed by atoms with Gasteiger partial charge in [0.2, 0.25) is 5.95 Å². The topological polar surface area (TPSA) is 87.6 Å². The first-order valence-corrected chi connectivity index (χ1v) is 8.50. The van der Waals surface area contributed by atoms with Crippen LogP contribution >= 0.6 is 11.8 Å². The Bertz CT molecular complexity index is 950. The van der Waals surface area contributed by atoms with Gasteiger partial charge in [-0.2, -0.15) is 5.26 Å². The minimum atomic E-state index is -0.597. The minimum Gasteiger partial charge on any atom is -0.360 e. The van der Waals surface area contributed by atoms with Gasteiger partial charge in [0, 0.05) is 11.9 Å². The summed E-state index contributed by atoms with van der Waals surface area (Å²) in [5.41, 5.74) is 1.94. The van der Waals surface area contributed by atoms with E-state index < -0.39 is 5.82 Å². The normalized spacial score (nSPS) is 10.5. The summed E-state index contributed by atoms with van der Waals surface area (Å²) in [6, 6.07) is 7.79. The summed E-state index contributed by atoms with van der Waals surface area (Å²) in [5, 5.41) is 16.6. The van der Waals surface area contributed by atoms with Crippen molar-refractivity contribution >= 4 is 23.4 Å². The predicted octanol–water partition coefficient (Wildman–Crippen LogP) is 4.31. The second-order valence-corrected chi connectivity index (χ2v) is 6.30. The van der Waals surface area contributed by atoms with Crippen molar-refractivity contribution in [2.24, 2.45) is 0 Å². The third kappa shape index (κ3) is 3.61. The first-order chi connectivity index (χ1) is 12.1. The number of thioether (sulfide) groups is 1. The average Bonchev–Trinajstić information content (AvgIpc) is 2.96. The van der Waals surface area contributed by atoms with Crippen LogP contribution in [0.5, 0.6) is 0 Å². The second-order valence-electron chi connectivity index (χ2n) is 5.05. The van der Waals surface area contributed by atoms with Crippen molar-refractivity contribution in [2.45, 2.75) is 18.9 Å². The molecular weight excluding hydrogens is 341 g/mol. The number of nitrogens with one attached hydrogen (secondary N) is 1. The molecule has 6 nitrogen and oxygen atoms in total. The number of anilines is 2. The zero-order valence-corrected chi connectivity index (χ0v) is 14.4. The molecule has 2 aromatic heterocycles. The number of nitriles is 1. The fourth-order valence-corrected chi connectivity index (χ4v) is 3.00. The van der Waals surface area contributed by atoms with Gasteiger partial charge in [-0.1, -0.05) is 12.1 Å². The highest BCUT2D eigenvalue weighted by molar-refractivity contribution is 7.99. The highest BCUT2D eigenvalue weighted by Crippen LogP contribution is 2.32. The number of aromatic nitrogens is 3. The van der Waals surface area contributed by atoms with Gasteiger partial charge in [-0.15, -0.1) is 11.8 Å². The van der Waals surface area contributed by atoms with E-state index in [1.807, 2.05) is 13.8 Å². The third-order valence-electron chi connectivity index (χ3n) is 3.37. The Morgan fingerprint density at radius 2 is 2.20 bits per heavy atom. The Morgan fingerprint density at radius 3 is 2.92 bits per heavy atom. The molecule has 0 aliphatic rings. The molecule has 1 N–H and O–H groups in total. The quantitative estimate of drug-likeness (QED) is 0.682. The molecule has 0 spiro atoms. The van der Waals surface area contributed by atoms with Crippen molar-refractivity contribution in [2.75, 3.05) is 11.1 Å². The van der Waals surface area contributed by atoms with E-state index >= 15 is 0 Å². The maximum Gasteiger partial charge on any atom is 0.227 e. The SMILES string of the molecule is CCSc1noc(C)c1-c1ccnc(Nc2ccc(C#N)c(F)c2)n1. The van der Waals surface area contributed by atoms with Crippen LogP contribution in [0.1, 0.15) is 18.2 Å². The Morgan fingerprint density at radius 1 is 1.36 bits per heavy atom. The number of benzene rings is 1. The van der Waals surface area contributed by atoms with Crippen LogP contribution in [-0.4, -0.2) is 20.9 Å². The highest BCUT2D eigenvalue weighted by Gasteiger charge is 2.17. The van der Waals surface area contributed by atoms with Crippen LogP contribution in [-0.2, 0) is 0 Å². The van der Waals surface area contributed by atoms with Crippen molar-refractivity contribution < 1.29 is 8.91 Å². The van der Waals surface area contributed by atoms with E-state index in [2.05, 4.69) is 20.4 Å². The summed E-state index contributed by atoms with van der Waals surface area (Å²) >= 11 is 1.57. The summed E-state index contributed by atoms with van der Waals surface area (Å²) in [6.07, 6.45) is 1.61. The van der Waals surface area contributed by atoms with Crippen molar-refractivity contribution in [3.8, 4) is 17.3 Å². The number of hydrogen-bond donors (Lipinski definition) is 1. The minimum absolute atomic E-state index is 0.0125. The van der Waals surface area contributed by atoms with Gasteiger partial charge >= 0.3 is 0 Å². The first kappa shape index (κ1) is 16.9. The Labute approximate surface area is 148 Å². The molecule has 3 rings (SSSR count). The average molecular weight is 355 g/mol. The van der Waals surface area contributed by atoms with Crippen LogP contribution in [0.15, 0.2) is 40.0 Å². The lowest BCUT2D eigenvalue weighted by Gasteiger charge is -2.07. The summed E-state index contributed by atoms with van der Waals surface area (Å²) in [6.45, 7) is 3.86. The molecule has 126 valence electrons. The van der Waals surface area contributed by atoms with E-state index in [-0.39, 0.29) is 5.56 Å². The standard InChI is InChI=1S/C17H14FN5OS/c1-3-25-16-15(10(2)24-23-16)14-6-7-20-17(22-14)21-12-5-4-11(9-19)13(18)8-12/h4-8H,3H2,1-2H3,(H,20,21,22). The molecule has 8 heteroatoms. The lowest BCUT2D eigenvalue weighted by molar-refractivity contribution is 0.384. The lowest BCUT2D eigenvalue weighted by Crippen LogP contribution is -1.99. The van der Waals surface area contributed by atoms with Gasteiger partial charge < -0.3 is 9.84 Å². The van der Waals surface area contributed by atoms with Gasteiger partial charge in [-0.3, -0.25) is 0 Å². The highest BCUT2D eigenvalue weighted by atomic mass is 32.2. The number of halogens is 1. The number of rotatable bonds is 5. The van der Waals surface area contributed by atoms with Crippen molar-refractivity contribution in [1.82, 2.24) is 15.1 Å². The molecule has 0 aliphatic carbocycles. The zero-order chi connectivity index (χ0) is 17.8. The zero-order valence-electron chi connectivity index (χ0n) is 13.6. The van der Waals surface area contributed by atoms with Gasteiger partial charge in [0.05, 0.1) is 16.8 Å². The van der Waals surface area contributed by atoms with Gasteiger partial charge in [-0.05, 0) is 36.9 Å². The van der Waals surface area contributed by atoms with E-state index in [1.54, 1.807) is 36.2 Å². The monoisotopic (exact) mass is 355 g/mol. The summed E-state index contributed by atoms with van der Waals surface area (Å²) in [7, 11) is 0. The fraction of sp³-hybridized carbons (Fsp3) is 0.176. The third-order valence-corrected chi connectivity index (χ3v) is 4.21. The second kappa shape index (κ2) is 7.32. The van der Waals surface area contributed by atoms with Crippen LogP contribution in [0.25, 0.3) is 11.3 Å². The van der Waals surface area contributed by atoms with Crippen LogP contribution in [0.3, 0.4) is 0 Å². The number of hydrogen-bond acceptors (Lipinski definition) is 7. The Kier molecular flexibility index (Phi) is 4.95. The summed E-state index contributed by atoms with van der Waals surface area (Å²) in [4.78, 5) is 8.62. The van der Waals surface area contributed by atoms with Crippen LogP contribution in [0.2, 0.25) is 0 Å². The fourth-order valence-electron chi connectivity index (χ4n) is 2.25. The molecule has 0 saturated heterocycles. The molecule has 3 aromatic rings. The predicted molar refractivity (Wildman–Crippen MR) is 93.1 cm³/mol. The van der Waals surface area contributed by atoms with E-state index in [0.717, 1.165) is 16.3 Å². The van der Waals surface area contributed by atoms with Crippen LogP contribution in [0, 0.1) is 24.1 Å². The molecule has 0 saturated carbocycles. The molecular formula is C17H14FN5OS. The van der Waals surface area contributed by atoms with E-state index in [1.165, 1.54) is 12.1 Å². The molecule has 2 heterocycles. The first-order valence-electron chi connectivity index (χ1n) is 7.51. The van der Waals surface area contributed by atoms with Crippen molar-refractivity contribution in [3.63, 3.8) is 0 Å². The molecule has 25 heavy (non-hydrogen) atoms. The molecule has 0 atom stereocenters. The molecule has 0 bridgehead atoms. The maximum absolute atomic E-state index is 13.7. The molecule has 0 radical (unpaired) electrons. The van der Waals surface area contributed by atoms with E-state index in [9.17, 15) is 4.39 Å². The Balaban J connectivity index is 1.91. The lowest BCUT2D eigenvalue weighted by atomic mass is 10.2. The number of aryl methyl sites for hydroxylation is 1. The van der Waals surface area contributed by atoms with Gasteiger partial charge in [0.15, 0.2) is 0 Å². The molecule has 0 fully saturated rings. The Hall–Kier alpha value is -2.92. The smallest absolute Gasteiger partial charge is 0.227 e. The van der Waals surface area contributed by atoms with E-state index in [4.69, 9.17) is 9.78 Å². The molecule has 0 aliphatic heterocycles. The molecule has 1 aromatic carbocycles. The van der Waals surface area contributed by atoms with Gasteiger partial charge in [0.1, 0.15) is 22.7 Å². The van der Waals surface area contributed by atoms with E-state index in [0.29, 0.717) is 23.1 Å². The molecule has 0 amide bonds. The summed E-state index contributed by atoms with van der Waals surface area (Å²) in [5.74, 6) is 1.25. The van der Waals surface area contributed by atoms with Crippen LogP contribution in [0.4, 0.5) is 16.0 Å². The van der Waals surface area contributed by atoms with Crippen molar-refractivity contribution in [3.05, 3.63) is 47.6 Å². The van der Waals surface area contributed by atoms with Gasteiger partial charge in [-0.25, -0.2) is 14.4 Å². The largest absolute Gasteiger partial charge is 0.360 e. The van der Waals surface area contributed by atoms with Crippen LogP contribution < -0.4 is 5.32 Å². The van der Waals surface area contributed by atoms with Crippen molar-refractivity contribution in [1.29, 1.82) is 5.26 Å². The summed E-state index contributed by atoms with van der Waals surface area (Å²) < 4.78 is 19.0. The number of nitrogens with zero attached hydrogens (tertiary/aromatic N) is 4. The maximum atomic E-state index is 13.7. The van der Waals surface area contributed by atoms with Gasteiger partial charge in [0.25, 0.3) is 0 Å². The molecule has 0 unspecified atom stereocenters.